The van der Waals surface area contributed by atoms with Gasteiger partial charge in [0.05, 0.1) is 0 Å². The van der Waals surface area contributed by atoms with E-state index in [2.05, 4.69) is 4.90 Å². The molecule has 2 aliphatic carbocycles. The normalized spacial score (nSPS) is 30.5. The number of piperidine rings is 1. The Balaban J connectivity index is 1.54. The van der Waals surface area contributed by atoms with Crippen LogP contribution >= 0.6 is 0 Å². The molecule has 19 heavy (non-hydrogen) atoms. The van der Waals surface area contributed by atoms with Crippen LogP contribution in [0.3, 0.4) is 0 Å². The zero-order valence-electron chi connectivity index (χ0n) is 12.3. The van der Waals surface area contributed by atoms with E-state index in [1.165, 1.54) is 77.2 Å². The van der Waals surface area contributed by atoms with Crippen LogP contribution < -0.4 is 0 Å². The van der Waals surface area contributed by atoms with Crippen molar-refractivity contribution in [3.63, 3.8) is 0 Å². The van der Waals surface area contributed by atoms with E-state index < -0.39 is 0 Å². The van der Waals surface area contributed by atoms with E-state index in [-0.39, 0.29) is 5.41 Å². The summed E-state index contributed by atoms with van der Waals surface area (Å²) < 4.78 is 0. The lowest BCUT2D eigenvalue weighted by Gasteiger charge is -2.43. The number of rotatable bonds is 3. The number of carbonyl (C=O) groups excluding carboxylic acids is 1. The maximum Gasteiger partial charge on any atom is 0.127 e. The molecule has 2 nitrogen and oxygen atoms in total. The predicted octanol–water partition coefficient (Wildman–Crippen LogP) is 3.79. The van der Waals surface area contributed by atoms with Crippen molar-refractivity contribution < 1.29 is 4.79 Å². The first-order valence-electron chi connectivity index (χ1n) is 8.45. The molecule has 1 saturated heterocycles. The first-order chi connectivity index (χ1) is 9.26. The van der Waals surface area contributed by atoms with E-state index >= 15 is 0 Å². The summed E-state index contributed by atoms with van der Waals surface area (Å²) in [6, 6.07) is 0. The zero-order chi connectivity index (χ0) is 13.2. The summed E-state index contributed by atoms with van der Waals surface area (Å²) in [7, 11) is 0. The zero-order valence-corrected chi connectivity index (χ0v) is 12.3. The summed E-state index contributed by atoms with van der Waals surface area (Å²) in [5, 5.41) is 0. The summed E-state index contributed by atoms with van der Waals surface area (Å²) >= 11 is 0. The quantitative estimate of drug-likeness (QED) is 0.722. The summed E-state index contributed by atoms with van der Waals surface area (Å²) in [4.78, 5) is 14.2. The lowest BCUT2D eigenvalue weighted by Crippen LogP contribution is -2.46. The molecule has 3 fully saturated rings. The summed E-state index contributed by atoms with van der Waals surface area (Å²) in [5.74, 6) is 0. The molecule has 0 unspecified atom stereocenters. The SMILES string of the molecule is O=CC1(CN2CCC3(CCCC3)CC2)CCCCC1. The molecule has 1 spiro atoms. The molecule has 2 saturated carbocycles. The first kappa shape index (κ1) is 13.6. The van der Waals surface area contributed by atoms with E-state index in [0.717, 1.165) is 19.4 Å². The van der Waals surface area contributed by atoms with Gasteiger partial charge in [0.2, 0.25) is 0 Å². The second kappa shape index (κ2) is 5.55. The molecule has 0 N–H and O–H groups in total. The van der Waals surface area contributed by atoms with Crippen molar-refractivity contribution in [2.45, 2.75) is 70.6 Å². The predicted molar refractivity (Wildman–Crippen MR) is 78.2 cm³/mol. The molecule has 0 aromatic carbocycles. The van der Waals surface area contributed by atoms with Crippen LogP contribution in [-0.4, -0.2) is 30.8 Å². The van der Waals surface area contributed by atoms with E-state index in [4.69, 9.17) is 0 Å². The highest BCUT2D eigenvalue weighted by atomic mass is 16.1. The van der Waals surface area contributed by atoms with Crippen LogP contribution in [0.5, 0.6) is 0 Å². The molecule has 1 heterocycles. The molecule has 0 radical (unpaired) electrons. The van der Waals surface area contributed by atoms with Gasteiger partial charge >= 0.3 is 0 Å². The summed E-state index contributed by atoms with van der Waals surface area (Å²) in [5.41, 5.74) is 0.718. The Hall–Kier alpha value is -0.370. The molecular weight excluding hydrogens is 234 g/mol. The Bertz CT molecular complexity index is 303. The van der Waals surface area contributed by atoms with Crippen molar-refractivity contribution in [1.82, 2.24) is 4.90 Å². The van der Waals surface area contributed by atoms with Crippen molar-refractivity contribution in [2.75, 3.05) is 19.6 Å². The van der Waals surface area contributed by atoms with E-state index in [0.29, 0.717) is 5.41 Å². The second-order valence-electron chi connectivity index (χ2n) is 7.52. The Morgan fingerprint density at radius 3 is 1.95 bits per heavy atom. The van der Waals surface area contributed by atoms with Crippen molar-refractivity contribution in [3.8, 4) is 0 Å². The van der Waals surface area contributed by atoms with Gasteiger partial charge in [-0.3, -0.25) is 0 Å². The molecule has 0 atom stereocenters. The van der Waals surface area contributed by atoms with Crippen molar-refractivity contribution >= 4 is 6.29 Å². The van der Waals surface area contributed by atoms with Crippen LogP contribution in [0, 0.1) is 10.8 Å². The Morgan fingerprint density at radius 2 is 1.37 bits per heavy atom. The van der Waals surface area contributed by atoms with E-state index in [1.54, 1.807) is 0 Å². The summed E-state index contributed by atoms with van der Waals surface area (Å²) in [6.07, 6.45) is 16.1. The molecule has 0 aromatic rings. The second-order valence-corrected chi connectivity index (χ2v) is 7.52. The average molecular weight is 263 g/mol. The van der Waals surface area contributed by atoms with Gasteiger partial charge < -0.3 is 9.69 Å². The molecule has 3 rings (SSSR count). The van der Waals surface area contributed by atoms with Gasteiger partial charge in [0, 0.05) is 12.0 Å². The minimum absolute atomic E-state index is 0.0123. The smallest absolute Gasteiger partial charge is 0.127 e. The van der Waals surface area contributed by atoms with Crippen LogP contribution in [0.15, 0.2) is 0 Å². The molecular formula is C17H29NO. The molecule has 0 aromatic heterocycles. The molecule has 108 valence electrons. The Labute approximate surface area is 117 Å². The minimum Gasteiger partial charge on any atom is -0.303 e. The van der Waals surface area contributed by atoms with Gasteiger partial charge in [-0.25, -0.2) is 0 Å². The standard InChI is InChI=1S/C17H29NO/c19-15-17(8-2-1-3-9-17)14-18-12-10-16(11-13-18)6-4-5-7-16/h15H,1-14H2. The maximum absolute atomic E-state index is 11.6. The van der Waals surface area contributed by atoms with Crippen LogP contribution in [0.4, 0.5) is 0 Å². The fourth-order valence-corrected chi connectivity index (χ4v) is 4.82. The van der Waals surface area contributed by atoms with Crippen LogP contribution in [0.1, 0.15) is 70.6 Å². The number of likely N-dealkylation sites (tertiary alicyclic amines) is 1. The topological polar surface area (TPSA) is 20.3 Å². The average Bonchev–Trinajstić information content (AvgIpc) is 2.91. The highest BCUT2D eigenvalue weighted by molar-refractivity contribution is 5.60. The molecule has 2 heteroatoms. The lowest BCUT2D eigenvalue weighted by molar-refractivity contribution is -0.119. The third-order valence-corrected chi connectivity index (χ3v) is 6.22. The van der Waals surface area contributed by atoms with Gasteiger partial charge in [-0.1, -0.05) is 32.1 Å². The van der Waals surface area contributed by atoms with Gasteiger partial charge in [-0.05, 0) is 57.0 Å². The Kier molecular flexibility index (Phi) is 3.98. The third-order valence-electron chi connectivity index (χ3n) is 6.22. The lowest BCUT2D eigenvalue weighted by atomic mass is 9.73. The highest BCUT2D eigenvalue weighted by Crippen LogP contribution is 2.46. The Morgan fingerprint density at radius 1 is 0.789 bits per heavy atom. The number of hydrogen-bond acceptors (Lipinski definition) is 2. The summed E-state index contributed by atoms with van der Waals surface area (Å²) in [6.45, 7) is 3.54. The van der Waals surface area contributed by atoms with Gasteiger partial charge in [0.15, 0.2) is 0 Å². The van der Waals surface area contributed by atoms with Gasteiger partial charge in [-0.2, -0.15) is 0 Å². The van der Waals surface area contributed by atoms with E-state index in [9.17, 15) is 4.79 Å². The fourth-order valence-electron chi connectivity index (χ4n) is 4.82. The van der Waals surface area contributed by atoms with Crippen molar-refractivity contribution in [3.05, 3.63) is 0 Å². The maximum atomic E-state index is 11.6. The van der Waals surface area contributed by atoms with Crippen LogP contribution in [-0.2, 0) is 4.79 Å². The number of nitrogens with zero attached hydrogens (tertiary/aromatic N) is 1. The highest BCUT2D eigenvalue weighted by Gasteiger charge is 2.39. The fraction of sp³-hybridized carbons (Fsp3) is 0.941. The first-order valence-corrected chi connectivity index (χ1v) is 8.45. The molecule has 0 amide bonds. The van der Waals surface area contributed by atoms with Crippen LogP contribution in [0.2, 0.25) is 0 Å². The van der Waals surface area contributed by atoms with Gasteiger partial charge in [-0.15, -0.1) is 0 Å². The van der Waals surface area contributed by atoms with Crippen LogP contribution in [0.25, 0.3) is 0 Å². The minimum atomic E-state index is 0.0123. The molecule has 3 aliphatic rings. The monoisotopic (exact) mass is 263 g/mol. The number of aldehydes is 1. The van der Waals surface area contributed by atoms with Crippen molar-refractivity contribution in [1.29, 1.82) is 0 Å². The van der Waals surface area contributed by atoms with Gasteiger partial charge in [0.1, 0.15) is 6.29 Å². The largest absolute Gasteiger partial charge is 0.303 e. The number of hydrogen-bond donors (Lipinski definition) is 0. The number of carbonyl (C=O) groups is 1. The molecule has 0 bridgehead atoms. The van der Waals surface area contributed by atoms with E-state index in [1.807, 2.05) is 0 Å². The third kappa shape index (κ3) is 2.89. The molecule has 1 aliphatic heterocycles. The van der Waals surface area contributed by atoms with Crippen molar-refractivity contribution in [2.24, 2.45) is 10.8 Å². The van der Waals surface area contributed by atoms with Gasteiger partial charge in [0.25, 0.3) is 0 Å².